The Morgan fingerprint density at radius 3 is 1.50 bits per heavy atom. The van der Waals surface area contributed by atoms with Crippen LogP contribution >= 0.6 is 8.07 Å². The Morgan fingerprint density at radius 2 is 1.04 bits per heavy atom. The van der Waals surface area contributed by atoms with Crippen LogP contribution in [-0.4, -0.2) is 18.8 Å². The van der Waals surface area contributed by atoms with Crippen LogP contribution < -0.4 is 0 Å². The topological polar surface area (TPSA) is 3.24 Å². The van der Waals surface area contributed by atoms with E-state index in [1.54, 1.807) is 11.1 Å². The van der Waals surface area contributed by atoms with Crippen molar-refractivity contribution in [3.63, 3.8) is 0 Å². The molecule has 0 N–H and O–H groups in total. The van der Waals surface area contributed by atoms with Crippen LogP contribution in [0.3, 0.4) is 0 Å². The number of fused-ring (bicyclic) bond motifs is 2. The minimum Gasteiger partial charge on any atom is -0.287 e. The zero-order chi connectivity index (χ0) is 19.1. The second kappa shape index (κ2) is 7.32. The third kappa shape index (κ3) is 2.94. The van der Waals surface area contributed by atoms with Crippen molar-refractivity contribution < 1.29 is 0 Å². The molecule has 0 bridgehead atoms. The van der Waals surface area contributed by atoms with Gasteiger partial charge in [-0.1, -0.05) is 84.9 Å². The molecule has 1 aliphatic heterocycles. The average Bonchev–Trinajstić information content (AvgIpc) is 3.18. The first kappa shape index (κ1) is 17.9. The minimum atomic E-state index is -0.297. The van der Waals surface area contributed by atoms with Crippen LogP contribution in [0.2, 0.25) is 0 Å². The lowest BCUT2D eigenvalue weighted by atomic mass is 9.97. The van der Waals surface area contributed by atoms with Crippen LogP contribution in [0.15, 0.2) is 84.9 Å². The molecule has 0 saturated carbocycles. The van der Waals surface area contributed by atoms with Crippen LogP contribution in [0, 0.1) is 0 Å². The summed E-state index contributed by atoms with van der Waals surface area (Å²) < 4.78 is 2.53. The number of rotatable bonds is 3. The molecule has 1 fully saturated rings. The van der Waals surface area contributed by atoms with E-state index in [0.29, 0.717) is 11.3 Å². The summed E-state index contributed by atoms with van der Waals surface area (Å²) in [5, 5.41) is 5.59. The fourth-order valence-electron chi connectivity index (χ4n) is 5.03. The summed E-state index contributed by atoms with van der Waals surface area (Å²) in [5.74, 6) is 0. The maximum Gasteiger partial charge on any atom is 0.0186 e. The molecule has 28 heavy (non-hydrogen) atoms. The number of hydrogen-bond donors (Lipinski definition) is 0. The zero-order valence-corrected chi connectivity index (χ0v) is 17.4. The first-order valence-electron chi connectivity index (χ1n) is 10.1. The Balaban J connectivity index is 1.62. The van der Waals surface area contributed by atoms with Gasteiger partial charge >= 0.3 is 0 Å². The molecule has 0 spiro atoms. The fourth-order valence-corrected chi connectivity index (χ4v) is 8.43. The normalized spacial score (nSPS) is 22.3. The van der Waals surface area contributed by atoms with Gasteiger partial charge in [0.15, 0.2) is 0 Å². The molecule has 5 rings (SSSR count). The summed E-state index contributed by atoms with van der Waals surface area (Å²) >= 11 is 0. The van der Waals surface area contributed by atoms with E-state index in [9.17, 15) is 0 Å². The van der Waals surface area contributed by atoms with Gasteiger partial charge in [-0.3, -0.25) is 4.67 Å². The van der Waals surface area contributed by atoms with Crippen molar-refractivity contribution in [2.24, 2.45) is 0 Å². The average molecular weight is 383 g/mol. The second-order valence-electron chi connectivity index (χ2n) is 7.97. The van der Waals surface area contributed by atoms with Gasteiger partial charge in [-0.15, -0.1) is 0 Å². The van der Waals surface area contributed by atoms with Gasteiger partial charge in [0.05, 0.1) is 0 Å². The molecule has 1 nitrogen and oxygen atoms in total. The summed E-state index contributed by atoms with van der Waals surface area (Å²) in [6, 6.07) is 31.5. The van der Waals surface area contributed by atoms with E-state index >= 15 is 0 Å². The van der Waals surface area contributed by atoms with Gasteiger partial charge in [-0.25, -0.2) is 0 Å². The Kier molecular flexibility index (Phi) is 4.67. The molecule has 0 aliphatic carbocycles. The summed E-state index contributed by atoms with van der Waals surface area (Å²) in [6.45, 7) is 0. The van der Waals surface area contributed by atoms with E-state index in [0.717, 1.165) is 0 Å². The van der Waals surface area contributed by atoms with Gasteiger partial charge in [0, 0.05) is 11.3 Å². The molecule has 0 radical (unpaired) electrons. The highest BCUT2D eigenvalue weighted by Gasteiger charge is 2.40. The van der Waals surface area contributed by atoms with E-state index in [1.165, 1.54) is 34.4 Å². The van der Waals surface area contributed by atoms with Crippen LogP contribution in [0.25, 0.3) is 21.5 Å². The lowest BCUT2D eigenvalue weighted by Gasteiger charge is -2.33. The molecular formula is C26H26NP. The van der Waals surface area contributed by atoms with Crippen molar-refractivity contribution in [2.75, 3.05) is 14.1 Å². The largest absolute Gasteiger partial charge is 0.287 e. The third-order valence-electron chi connectivity index (χ3n) is 6.18. The first-order chi connectivity index (χ1) is 13.7. The maximum atomic E-state index is 2.53. The van der Waals surface area contributed by atoms with Crippen molar-refractivity contribution in [3.05, 3.63) is 96.1 Å². The first-order valence-corrected chi connectivity index (χ1v) is 11.6. The summed E-state index contributed by atoms with van der Waals surface area (Å²) in [4.78, 5) is 0. The van der Waals surface area contributed by atoms with Crippen molar-refractivity contribution >= 4 is 29.6 Å². The molecule has 3 atom stereocenters. The Hall–Kier alpha value is -2.21. The number of hydrogen-bond acceptors (Lipinski definition) is 1. The van der Waals surface area contributed by atoms with E-state index in [1.807, 2.05) is 0 Å². The van der Waals surface area contributed by atoms with Gasteiger partial charge < -0.3 is 0 Å². The van der Waals surface area contributed by atoms with Crippen molar-refractivity contribution in [1.29, 1.82) is 0 Å². The monoisotopic (exact) mass is 383 g/mol. The molecule has 4 aromatic carbocycles. The molecule has 140 valence electrons. The lowest BCUT2D eigenvalue weighted by Crippen LogP contribution is -2.11. The third-order valence-corrected chi connectivity index (χ3v) is 9.45. The predicted octanol–water partition coefficient (Wildman–Crippen LogP) is 7.53. The molecule has 2 heteroatoms. The maximum absolute atomic E-state index is 2.53. The van der Waals surface area contributed by atoms with E-state index in [-0.39, 0.29) is 8.07 Å². The van der Waals surface area contributed by atoms with Crippen molar-refractivity contribution in [3.8, 4) is 0 Å². The Morgan fingerprint density at radius 1 is 0.607 bits per heavy atom. The minimum absolute atomic E-state index is 0.297. The van der Waals surface area contributed by atoms with Gasteiger partial charge in [0.2, 0.25) is 0 Å². The second-order valence-corrected chi connectivity index (χ2v) is 10.8. The molecule has 1 heterocycles. The quantitative estimate of drug-likeness (QED) is 0.331. The van der Waals surface area contributed by atoms with Crippen molar-refractivity contribution in [2.45, 2.75) is 24.2 Å². The Bertz CT molecular complexity index is 1040. The zero-order valence-electron chi connectivity index (χ0n) is 16.5. The van der Waals surface area contributed by atoms with Crippen LogP contribution in [0.4, 0.5) is 0 Å². The SMILES string of the molecule is CN(C)P1[C@@H](c2cccc3ccccc23)CC[C@H]1c1cccc2ccccc12. The molecular weight excluding hydrogens is 357 g/mol. The van der Waals surface area contributed by atoms with Crippen LogP contribution in [-0.2, 0) is 0 Å². The van der Waals surface area contributed by atoms with E-state index in [4.69, 9.17) is 0 Å². The van der Waals surface area contributed by atoms with Crippen LogP contribution in [0.1, 0.15) is 35.3 Å². The fraction of sp³-hybridized carbons (Fsp3) is 0.231. The van der Waals surface area contributed by atoms with Crippen molar-refractivity contribution in [1.82, 2.24) is 4.67 Å². The molecule has 0 amide bonds. The van der Waals surface area contributed by atoms with Gasteiger partial charge in [0.25, 0.3) is 0 Å². The predicted molar refractivity (Wildman–Crippen MR) is 123 cm³/mol. The summed E-state index contributed by atoms with van der Waals surface area (Å²) in [6.07, 6.45) is 2.54. The molecule has 1 saturated heterocycles. The smallest absolute Gasteiger partial charge is 0.0186 e. The number of benzene rings is 4. The molecule has 4 aromatic rings. The van der Waals surface area contributed by atoms with Crippen LogP contribution in [0.5, 0.6) is 0 Å². The highest BCUT2D eigenvalue weighted by atomic mass is 31.1. The van der Waals surface area contributed by atoms with E-state index < -0.39 is 0 Å². The highest BCUT2D eigenvalue weighted by molar-refractivity contribution is 7.56. The summed E-state index contributed by atoms with van der Waals surface area (Å²) in [7, 11) is 4.27. The standard InChI is InChI=1S/C26H26NP/c1-27(2)28-25(23-15-7-11-19-9-3-5-13-21(19)23)17-18-26(28)24-16-8-12-20-10-4-6-14-22(20)24/h3-16,25-26H,17-18H2,1-2H3/t25-,26+,28?. The lowest BCUT2D eigenvalue weighted by molar-refractivity contribution is 0.662. The molecule has 0 aromatic heterocycles. The number of nitrogens with zero attached hydrogens (tertiary/aromatic N) is 1. The Labute approximate surface area is 168 Å². The molecule has 1 aliphatic rings. The summed E-state index contributed by atoms with van der Waals surface area (Å²) in [5.41, 5.74) is 4.33. The van der Waals surface area contributed by atoms with Gasteiger partial charge in [0.1, 0.15) is 0 Å². The molecule has 1 unspecified atom stereocenters. The van der Waals surface area contributed by atoms with Gasteiger partial charge in [-0.05, 0) is 67.7 Å². The van der Waals surface area contributed by atoms with E-state index in [2.05, 4.69) is 104 Å². The van der Waals surface area contributed by atoms with Gasteiger partial charge in [-0.2, -0.15) is 0 Å². The highest BCUT2D eigenvalue weighted by Crippen LogP contribution is 2.71.